The van der Waals surface area contributed by atoms with Gasteiger partial charge in [-0.2, -0.15) is 17.0 Å². The Bertz CT molecular complexity index is 457. The molecule has 0 unspecified atom stereocenters. The lowest BCUT2D eigenvalue weighted by molar-refractivity contribution is -0.385. The minimum atomic E-state index is -0.537. The fourth-order valence-electron chi connectivity index (χ4n) is 1.37. The molecular formula is C11H13N3O2S. The molecule has 0 spiro atoms. The number of nitrogens with zero attached hydrogens (tertiary/aromatic N) is 3. The Kier molecular flexibility index (Phi) is 4.79. The zero-order valence-corrected chi connectivity index (χ0v) is 10.5. The second-order valence-electron chi connectivity index (χ2n) is 3.48. The maximum atomic E-state index is 10.7. The predicted molar refractivity (Wildman–Crippen MR) is 69.5 cm³/mol. The van der Waals surface area contributed by atoms with Gasteiger partial charge in [0, 0.05) is 31.1 Å². The van der Waals surface area contributed by atoms with Crippen LogP contribution in [0.15, 0.2) is 18.2 Å². The van der Waals surface area contributed by atoms with Gasteiger partial charge in [-0.15, -0.1) is 0 Å². The zero-order chi connectivity index (χ0) is 12.8. The minimum Gasteiger partial charge on any atom is -0.374 e. The van der Waals surface area contributed by atoms with Gasteiger partial charge in [-0.3, -0.25) is 10.1 Å². The van der Waals surface area contributed by atoms with E-state index < -0.39 is 4.92 Å². The highest BCUT2D eigenvalue weighted by Crippen LogP contribution is 2.23. The molecule has 0 aliphatic heterocycles. The monoisotopic (exact) mass is 251 g/mol. The van der Waals surface area contributed by atoms with Crippen LogP contribution in [-0.2, 0) is 0 Å². The van der Waals surface area contributed by atoms with Crippen molar-refractivity contribution in [3.8, 4) is 6.07 Å². The second kappa shape index (κ2) is 6.11. The van der Waals surface area contributed by atoms with Crippen molar-refractivity contribution in [2.24, 2.45) is 0 Å². The van der Waals surface area contributed by atoms with Gasteiger partial charge in [0.1, 0.15) is 11.6 Å². The molecule has 0 fully saturated rings. The standard InChI is InChI=1S/C11H13N3O2S/c1-13(5-6-17-2)10-3-4-11(14(15)16)9(7-10)8-12/h3-4,7H,5-6H2,1-2H3. The number of nitro benzene ring substituents is 1. The van der Waals surface area contributed by atoms with Crippen molar-refractivity contribution in [3.05, 3.63) is 33.9 Å². The zero-order valence-electron chi connectivity index (χ0n) is 9.71. The molecule has 5 nitrogen and oxygen atoms in total. The van der Waals surface area contributed by atoms with Crippen molar-refractivity contribution >= 4 is 23.1 Å². The van der Waals surface area contributed by atoms with E-state index in [0.29, 0.717) is 0 Å². The molecule has 1 aromatic rings. The topological polar surface area (TPSA) is 70.2 Å². The van der Waals surface area contributed by atoms with Gasteiger partial charge in [-0.25, -0.2) is 0 Å². The number of rotatable bonds is 5. The lowest BCUT2D eigenvalue weighted by Gasteiger charge is -2.18. The number of benzene rings is 1. The molecule has 1 rings (SSSR count). The average molecular weight is 251 g/mol. The predicted octanol–water partition coefficient (Wildman–Crippen LogP) is 2.27. The summed E-state index contributed by atoms with van der Waals surface area (Å²) < 4.78 is 0. The molecule has 0 aliphatic rings. The smallest absolute Gasteiger partial charge is 0.287 e. The lowest BCUT2D eigenvalue weighted by atomic mass is 10.1. The minimum absolute atomic E-state index is 0.100. The van der Waals surface area contributed by atoms with Crippen LogP contribution < -0.4 is 4.90 Å². The number of anilines is 1. The van der Waals surface area contributed by atoms with Gasteiger partial charge in [-0.05, 0) is 18.4 Å². The van der Waals surface area contributed by atoms with E-state index in [-0.39, 0.29) is 11.3 Å². The van der Waals surface area contributed by atoms with Crippen molar-refractivity contribution in [2.75, 3.05) is 30.5 Å². The van der Waals surface area contributed by atoms with Crippen molar-refractivity contribution in [1.82, 2.24) is 0 Å². The maximum absolute atomic E-state index is 10.7. The number of nitro groups is 1. The molecule has 17 heavy (non-hydrogen) atoms. The molecule has 0 atom stereocenters. The summed E-state index contributed by atoms with van der Waals surface area (Å²) in [5.41, 5.74) is 0.777. The fourth-order valence-corrected chi connectivity index (χ4v) is 1.82. The van der Waals surface area contributed by atoms with Crippen LogP contribution in [0.2, 0.25) is 0 Å². The quantitative estimate of drug-likeness (QED) is 0.593. The van der Waals surface area contributed by atoms with Crippen LogP contribution in [0, 0.1) is 21.4 Å². The van der Waals surface area contributed by atoms with Crippen LogP contribution in [0.5, 0.6) is 0 Å². The fraction of sp³-hybridized carbons (Fsp3) is 0.364. The van der Waals surface area contributed by atoms with Gasteiger partial charge < -0.3 is 4.90 Å². The molecule has 0 saturated carbocycles. The van der Waals surface area contributed by atoms with Gasteiger partial charge in [0.15, 0.2) is 0 Å². The summed E-state index contributed by atoms with van der Waals surface area (Å²) in [5.74, 6) is 0.968. The summed E-state index contributed by atoms with van der Waals surface area (Å²) in [7, 11) is 1.90. The Morgan fingerprint density at radius 3 is 2.82 bits per heavy atom. The SMILES string of the molecule is CSCCN(C)c1ccc([N+](=O)[O-])c(C#N)c1. The number of hydrogen-bond acceptors (Lipinski definition) is 5. The molecule has 0 heterocycles. The average Bonchev–Trinajstić information content (AvgIpc) is 2.34. The van der Waals surface area contributed by atoms with Crippen molar-refractivity contribution in [3.63, 3.8) is 0 Å². The first-order valence-corrected chi connectivity index (χ1v) is 6.38. The largest absolute Gasteiger partial charge is 0.374 e. The number of thioether (sulfide) groups is 1. The van der Waals surface area contributed by atoms with E-state index in [1.807, 2.05) is 24.3 Å². The Hall–Kier alpha value is -1.74. The molecule has 0 N–H and O–H groups in total. The highest BCUT2D eigenvalue weighted by Gasteiger charge is 2.14. The van der Waals surface area contributed by atoms with Gasteiger partial charge in [0.2, 0.25) is 0 Å². The van der Waals surface area contributed by atoms with Crippen LogP contribution in [-0.4, -0.2) is 30.5 Å². The van der Waals surface area contributed by atoms with Crippen LogP contribution in [0.3, 0.4) is 0 Å². The summed E-state index contributed by atoms with van der Waals surface area (Å²) in [4.78, 5) is 12.1. The van der Waals surface area contributed by atoms with Crippen LogP contribution in [0.1, 0.15) is 5.56 Å². The molecule has 1 aromatic carbocycles. The molecule has 0 aliphatic carbocycles. The van der Waals surface area contributed by atoms with E-state index in [0.717, 1.165) is 18.0 Å². The molecule has 6 heteroatoms. The first-order valence-electron chi connectivity index (χ1n) is 4.98. The highest BCUT2D eigenvalue weighted by atomic mass is 32.2. The van der Waals surface area contributed by atoms with Gasteiger partial charge >= 0.3 is 0 Å². The van der Waals surface area contributed by atoms with E-state index >= 15 is 0 Å². The van der Waals surface area contributed by atoms with Gasteiger partial charge in [0.05, 0.1) is 4.92 Å². The molecular weight excluding hydrogens is 238 g/mol. The van der Waals surface area contributed by atoms with Crippen LogP contribution in [0.4, 0.5) is 11.4 Å². The van der Waals surface area contributed by atoms with E-state index in [1.54, 1.807) is 23.9 Å². The van der Waals surface area contributed by atoms with E-state index in [2.05, 4.69) is 0 Å². The Labute approximate surface area is 104 Å². The number of nitriles is 1. The van der Waals surface area contributed by atoms with Crippen LogP contribution in [0.25, 0.3) is 0 Å². The first kappa shape index (κ1) is 13.3. The van der Waals surface area contributed by atoms with Crippen LogP contribution >= 0.6 is 11.8 Å². The first-order chi connectivity index (χ1) is 8.10. The summed E-state index contributed by atoms with van der Waals surface area (Å²) in [6.07, 6.45) is 2.02. The third-order valence-electron chi connectivity index (χ3n) is 2.37. The second-order valence-corrected chi connectivity index (χ2v) is 4.47. The van der Waals surface area contributed by atoms with Crippen molar-refractivity contribution < 1.29 is 4.92 Å². The lowest BCUT2D eigenvalue weighted by Crippen LogP contribution is -2.20. The molecule has 0 amide bonds. The molecule has 90 valence electrons. The highest BCUT2D eigenvalue weighted by molar-refractivity contribution is 7.98. The normalized spacial score (nSPS) is 9.71. The summed E-state index contributed by atoms with van der Waals surface area (Å²) in [6, 6.07) is 6.45. The van der Waals surface area contributed by atoms with E-state index in [9.17, 15) is 10.1 Å². The molecule has 0 radical (unpaired) electrons. The van der Waals surface area contributed by atoms with Crippen molar-refractivity contribution in [1.29, 1.82) is 5.26 Å². The van der Waals surface area contributed by atoms with Gasteiger partial charge in [0.25, 0.3) is 5.69 Å². The van der Waals surface area contributed by atoms with E-state index in [4.69, 9.17) is 5.26 Å². The Morgan fingerprint density at radius 2 is 2.29 bits per heavy atom. The molecule has 0 bridgehead atoms. The summed E-state index contributed by atoms with van der Waals surface area (Å²) in [6.45, 7) is 0.837. The molecule has 0 saturated heterocycles. The third-order valence-corrected chi connectivity index (χ3v) is 2.96. The van der Waals surface area contributed by atoms with Gasteiger partial charge in [-0.1, -0.05) is 0 Å². The Morgan fingerprint density at radius 1 is 1.59 bits per heavy atom. The third kappa shape index (κ3) is 3.36. The Balaban J connectivity index is 2.98. The summed E-state index contributed by atoms with van der Waals surface area (Å²) >= 11 is 1.73. The van der Waals surface area contributed by atoms with E-state index in [1.165, 1.54) is 6.07 Å². The molecule has 0 aromatic heterocycles. The maximum Gasteiger partial charge on any atom is 0.287 e. The summed E-state index contributed by atoms with van der Waals surface area (Å²) in [5, 5.41) is 19.5. The van der Waals surface area contributed by atoms with Crippen molar-refractivity contribution in [2.45, 2.75) is 0 Å². The number of hydrogen-bond donors (Lipinski definition) is 0.